The Hall–Kier alpha value is -1.01. The third-order valence-corrected chi connectivity index (χ3v) is 5.23. The van der Waals surface area contributed by atoms with E-state index in [1.54, 1.807) is 0 Å². The number of anilines is 1. The second-order valence-corrected chi connectivity index (χ2v) is 7.00. The maximum absolute atomic E-state index is 11.8. The minimum absolute atomic E-state index is 0.0329. The number of aromatic nitrogens is 1. The summed E-state index contributed by atoms with van der Waals surface area (Å²) in [7, 11) is 0. The average molecular weight is 354 g/mol. The Bertz CT molecular complexity index is 551. The van der Waals surface area contributed by atoms with E-state index in [4.69, 9.17) is 0 Å². The number of carbonyl (C=O) groups excluding carboxylic acids is 1. The Balaban J connectivity index is 1.87. The van der Waals surface area contributed by atoms with Gasteiger partial charge in [0.25, 0.3) is 0 Å². The van der Waals surface area contributed by atoms with Gasteiger partial charge in [0, 0.05) is 42.1 Å². The van der Waals surface area contributed by atoms with Gasteiger partial charge in [0.05, 0.1) is 4.90 Å². The fraction of sp³-hybridized carbons (Fsp3) is 0.429. The summed E-state index contributed by atoms with van der Waals surface area (Å²) in [5.74, 6) is 2.15. The summed E-state index contributed by atoms with van der Waals surface area (Å²) in [5, 5.41) is 0. The number of nitrogens with zero attached hydrogens (tertiary/aromatic N) is 3. The highest BCUT2D eigenvalue weighted by Crippen LogP contribution is 2.37. The molecule has 1 atom stereocenters. The molecule has 0 saturated carbocycles. The summed E-state index contributed by atoms with van der Waals surface area (Å²) in [4.78, 5) is 21.8. The minimum Gasteiger partial charge on any atom is -0.349 e. The van der Waals surface area contributed by atoms with Gasteiger partial charge in [-0.3, -0.25) is 4.79 Å². The van der Waals surface area contributed by atoms with Gasteiger partial charge in [0.2, 0.25) is 5.91 Å². The third kappa shape index (κ3) is 2.59. The molecular weight excluding hydrogens is 338 g/mol. The second-order valence-electron chi connectivity index (χ2n) is 4.95. The van der Waals surface area contributed by atoms with Crippen molar-refractivity contribution in [3.8, 4) is 0 Å². The molecule has 3 rings (SSSR count). The molecule has 2 aliphatic heterocycles. The van der Waals surface area contributed by atoms with Crippen LogP contribution in [0.15, 0.2) is 34.3 Å². The van der Waals surface area contributed by atoms with Gasteiger partial charge < -0.3 is 9.80 Å². The number of hydrogen-bond acceptors (Lipinski definition) is 4. The number of carbonyl (C=O) groups is 1. The van der Waals surface area contributed by atoms with Crippen molar-refractivity contribution in [2.45, 2.75) is 17.4 Å². The van der Waals surface area contributed by atoms with E-state index in [1.807, 2.05) is 22.9 Å². The molecule has 20 heavy (non-hydrogen) atoms. The largest absolute Gasteiger partial charge is 0.349 e. The fourth-order valence-electron chi connectivity index (χ4n) is 2.75. The highest BCUT2D eigenvalue weighted by molar-refractivity contribution is 9.10. The monoisotopic (exact) mass is 353 g/mol. The van der Waals surface area contributed by atoms with Gasteiger partial charge in [0.1, 0.15) is 5.82 Å². The SMILES string of the molecule is C=CC(=O)N1CCN2c3ncc(Br)cc3SCC[C@@H]2C1. The van der Waals surface area contributed by atoms with Gasteiger partial charge in [-0.05, 0) is 34.5 Å². The van der Waals surface area contributed by atoms with E-state index in [2.05, 4.69) is 38.5 Å². The van der Waals surface area contributed by atoms with Gasteiger partial charge in [0.15, 0.2) is 0 Å². The van der Waals surface area contributed by atoms with Crippen LogP contribution in [0.4, 0.5) is 5.82 Å². The van der Waals surface area contributed by atoms with Crippen molar-refractivity contribution in [1.82, 2.24) is 9.88 Å². The number of piperazine rings is 1. The summed E-state index contributed by atoms with van der Waals surface area (Å²) >= 11 is 5.33. The van der Waals surface area contributed by atoms with E-state index in [1.165, 1.54) is 11.0 Å². The first-order valence-electron chi connectivity index (χ1n) is 6.65. The van der Waals surface area contributed by atoms with Gasteiger partial charge in [-0.1, -0.05) is 6.58 Å². The Morgan fingerprint density at radius 3 is 3.20 bits per heavy atom. The molecule has 0 bridgehead atoms. The Kier molecular flexibility index (Phi) is 4.03. The first-order valence-corrected chi connectivity index (χ1v) is 8.43. The summed E-state index contributed by atoms with van der Waals surface area (Å²) < 4.78 is 1.02. The van der Waals surface area contributed by atoms with E-state index >= 15 is 0 Å². The molecule has 1 amide bonds. The van der Waals surface area contributed by atoms with Crippen LogP contribution in [0.3, 0.4) is 0 Å². The topological polar surface area (TPSA) is 36.4 Å². The molecule has 0 aromatic carbocycles. The molecular formula is C14H16BrN3OS. The predicted molar refractivity (Wildman–Crippen MR) is 85.2 cm³/mol. The zero-order valence-corrected chi connectivity index (χ0v) is 13.5. The summed E-state index contributed by atoms with van der Waals surface area (Å²) in [6.45, 7) is 5.92. The van der Waals surface area contributed by atoms with Crippen LogP contribution in [-0.2, 0) is 4.79 Å². The zero-order valence-electron chi connectivity index (χ0n) is 11.1. The molecule has 0 spiro atoms. The first-order chi connectivity index (χ1) is 9.69. The molecule has 1 fully saturated rings. The number of halogens is 1. The molecule has 6 heteroatoms. The molecule has 4 nitrogen and oxygen atoms in total. The molecule has 0 radical (unpaired) electrons. The number of pyridine rings is 1. The van der Waals surface area contributed by atoms with Crippen molar-refractivity contribution in [1.29, 1.82) is 0 Å². The van der Waals surface area contributed by atoms with Crippen LogP contribution in [0.25, 0.3) is 0 Å². The predicted octanol–water partition coefficient (Wildman–Crippen LogP) is 2.54. The molecule has 1 aromatic heterocycles. The molecule has 1 aromatic rings. The average Bonchev–Trinajstić information content (AvgIpc) is 2.64. The number of thioether (sulfide) groups is 1. The van der Waals surface area contributed by atoms with Crippen LogP contribution >= 0.6 is 27.7 Å². The standard InChI is InChI=1S/C14H16BrN3OS/c1-2-13(19)17-4-5-18-11(9-17)3-6-20-12-7-10(15)8-16-14(12)18/h2,7-8,11H,1,3-6,9H2/t11-/m1/s1. The molecule has 0 aliphatic carbocycles. The van der Waals surface area contributed by atoms with Crippen LogP contribution in [0.5, 0.6) is 0 Å². The number of fused-ring (bicyclic) bond motifs is 3. The summed E-state index contributed by atoms with van der Waals surface area (Å²) in [6, 6.07) is 2.49. The van der Waals surface area contributed by atoms with Gasteiger partial charge in [-0.15, -0.1) is 11.8 Å². The number of rotatable bonds is 1. The lowest BCUT2D eigenvalue weighted by molar-refractivity contribution is -0.126. The minimum atomic E-state index is 0.0329. The van der Waals surface area contributed by atoms with Gasteiger partial charge in [-0.2, -0.15) is 0 Å². The van der Waals surface area contributed by atoms with E-state index < -0.39 is 0 Å². The molecule has 0 N–H and O–H groups in total. The van der Waals surface area contributed by atoms with Crippen LogP contribution < -0.4 is 4.90 Å². The molecule has 0 unspecified atom stereocenters. The van der Waals surface area contributed by atoms with Crippen LogP contribution in [0.1, 0.15) is 6.42 Å². The van der Waals surface area contributed by atoms with Crippen molar-refractivity contribution in [2.75, 3.05) is 30.3 Å². The van der Waals surface area contributed by atoms with E-state index in [9.17, 15) is 4.79 Å². The van der Waals surface area contributed by atoms with Crippen molar-refractivity contribution in [2.24, 2.45) is 0 Å². The Labute approximate surface area is 131 Å². The van der Waals surface area contributed by atoms with Crippen molar-refractivity contribution >= 4 is 39.4 Å². The van der Waals surface area contributed by atoms with Gasteiger partial charge in [-0.25, -0.2) is 4.98 Å². The second kappa shape index (κ2) is 5.77. The van der Waals surface area contributed by atoms with E-state index in [0.717, 1.165) is 42.1 Å². The maximum Gasteiger partial charge on any atom is 0.246 e. The zero-order chi connectivity index (χ0) is 14.1. The lowest BCUT2D eigenvalue weighted by Crippen LogP contribution is -2.54. The van der Waals surface area contributed by atoms with Crippen LogP contribution in [0, 0.1) is 0 Å². The summed E-state index contributed by atoms with van der Waals surface area (Å²) in [5.41, 5.74) is 0. The normalized spacial score (nSPS) is 21.8. The maximum atomic E-state index is 11.8. The third-order valence-electron chi connectivity index (χ3n) is 3.75. The summed E-state index contributed by atoms with van der Waals surface area (Å²) in [6.07, 6.45) is 4.33. The van der Waals surface area contributed by atoms with Crippen molar-refractivity contribution in [3.63, 3.8) is 0 Å². The highest BCUT2D eigenvalue weighted by Gasteiger charge is 2.32. The molecule has 1 saturated heterocycles. The first kappa shape index (κ1) is 13.9. The van der Waals surface area contributed by atoms with Crippen LogP contribution in [0.2, 0.25) is 0 Å². The quantitative estimate of drug-likeness (QED) is 0.727. The lowest BCUT2D eigenvalue weighted by Gasteiger charge is -2.41. The van der Waals surface area contributed by atoms with E-state index in [-0.39, 0.29) is 5.91 Å². The lowest BCUT2D eigenvalue weighted by atomic mass is 10.1. The van der Waals surface area contributed by atoms with Gasteiger partial charge >= 0.3 is 0 Å². The Morgan fingerprint density at radius 2 is 2.40 bits per heavy atom. The van der Waals surface area contributed by atoms with E-state index in [0.29, 0.717) is 6.04 Å². The number of hydrogen-bond donors (Lipinski definition) is 0. The van der Waals surface area contributed by atoms with Crippen molar-refractivity contribution < 1.29 is 4.79 Å². The fourth-order valence-corrected chi connectivity index (χ4v) is 4.35. The molecule has 3 heterocycles. The molecule has 2 aliphatic rings. The number of amides is 1. The smallest absolute Gasteiger partial charge is 0.246 e. The highest BCUT2D eigenvalue weighted by atomic mass is 79.9. The van der Waals surface area contributed by atoms with Crippen molar-refractivity contribution in [3.05, 3.63) is 29.4 Å². The van der Waals surface area contributed by atoms with Crippen LogP contribution in [-0.4, -0.2) is 47.2 Å². The Morgan fingerprint density at radius 1 is 1.55 bits per heavy atom. The molecule has 106 valence electrons.